The number of anilines is 1. The third-order valence-corrected chi connectivity index (χ3v) is 5.07. The molecule has 0 atom stereocenters. The number of benzene rings is 2. The molecule has 26 heavy (non-hydrogen) atoms. The predicted molar refractivity (Wildman–Crippen MR) is 104 cm³/mol. The summed E-state index contributed by atoms with van der Waals surface area (Å²) >= 11 is 3.39. The fourth-order valence-electron chi connectivity index (χ4n) is 3.18. The van der Waals surface area contributed by atoms with Crippen LogP contribution in [0.2, 0.25) is 0 Å². The molecule has 2 aromatic rings. The highest BCUT2D eigenvalue weighted by molar-refractivity contribution is 9.10. The van der Waals surface area contributed by atoms with Gasteiger partial charge in [0, 0.05) is 42.8 Å². The molecule has 0 N–H and O–H groups in total. The molecule has 1 aliphatic heterocycles. The summed E-state index contributed by atoms with van der Waals surface area (Å²) in [6.07, 6.45) is 2.07. The zero-order chi connectivity index (χ0) is 18.7. The van der Waals surface area contributed by atoms with Crippen molar-refractivity contribution in [3.05, 3.63) is 68.2 Å². The second kappa shape index (κ2) is 7.86. The highest BCUT2D eigenvalue weighted by Gasteiger charge is 2.24. The van der Waals surface area contributed by atoms with E-state index >= 15 is 0 Å². The van der Waals surface area contributed by atoms with E-state index in [9.17, 15) is 14.9 Å². The molecule has 0 saturated carbocycles. The number of amides is 1. The van der Waals surface area contributed by atoms with E-state index in [0.717, 1.165) is 36.0 Å². The molecule has 0 radical (unpaired) electrons. The van der Waals surface area contributed by atoms with Crippen molar-refractivity contribution in [2.75, 3.05) is 25.0 Å². The van der Waals surface area contributed by atoms with Crippen molar-refractivity contribution in [2.45, 2.75) is 19.4 Å². The summed E-state index contributed by atoms with van der Waals surface area (Å²) in [4.78, 5) is 27.4. The van der Waals surface area contributed by atoms with E-state index in [1.807, 2.05) is 29.2 Å². The molecule has 0 aromatic heterocycles. The number of rotatable bonds is 5. The van der Waals surface area contributed by atoms with E-state index in [4.69, 9.17) is 0 Å². The molecule has 0 spiro atoms. The van der Waals surface area contributed by atoms with Gasteiger partial charge in [0.1, 0.15) is 5.69 Å². The predicted octanol–water partition coefficient (Wildman–Crippen LogP) is 4.23. The van der Waals surface area contributed by atoms with Gasteiger partial charge in [-0.15, -0.1) is 0 Å². The molecule has 1 saturated heterocycles. The quantitative estimate of drug-likeness (QED) is 0.539. The average molecular weight is 418 g/mol. The molecule has 1 heterocycles. The number of nitrogens with zero attached hydrogens (tertiary/aromatic N) is 3. The maximum atomic E-state index is 12.7. The highest BCUT2D eigenvalue weighted by Crippen LogP contribution is 2.32. The second-order valence-corrected chi connectivity index (χ2v) is 7.36. The number of hydrogen-bond donors (Lipinski definition) is 0. The van der Waals surface area contributed by atoms with Gasteiger partial charge < -0.3 is 9.80 Å². The first kappa shape index (κ1) is 18.4. The molecule has 0 unspecified atom stereocenters. The molecule has 0 aliphatic carbocycles. The van der Waals surface area contributed by atoms with Gasteiger partial charge in [0.15, 0.2) is 0 Å². The number of halogens is 1. The Hall–Kier alpha value is -2.41. The molecule has 2 aromatic carbocycles. The molecule has 1 fully saturated rings. The number of carbonyl (C=O) groups excluding carboxylic acids is 1. The molecule has 6 nitrogen and oxygen atoms in total. The summed E-state index contributed by atoms with van der Waals surface area (Å²) < 4.78 is 0.975. The topological polar surface area (TPSA) is 66.7 Å². The van der Waals surface area contributed by atoms with Crippen LogP contribution in [-0.2, 0) is 6.54 Å². The van der Waals surface area contributed by atoms with Crippen LogP contribution >= 0.6 is 15.9 Å². The summed E-state index contributed by atoms with van der Waals surface area (Å²) in [7, 11) is 1.70. The Balaban J connectivity index is 1.81. The van der Waals surface area contributed by atoms with E-state index in [-0.39, 0.29) is 11.6 Å². The first-order valence-corrected chi connectivity index (χ1v) is 9.28. The standard InChI is InChI=1S/C19H20BrN3O3/c1-21(13-14-4-7-16(20)8-5-14)19(24)15-6-9-17(18(12-15)23(25)26)22-10-2-3-11-22/h4-9,12H,2-3,10-11,13H2,1H3. The lowest BCUT2D eigenvalue weighted by atomic mass is 10.1. The Morgan fingerprint density at radius 3 is 2.46 bits per heavy atom. The van der Waals surface area contributed by atoms with E-state index in [2.05, 4.69) is 15.9 Å². The molecule has 1 aliphatic rings. The minimum absolute atomic E-state index is 0.00482. The summed E-state index contributed by atoms with van der Waals surface area (Å²) in [6, 6.07) is 12.5. The van der Waals surface area contributed by atoms with Gasteiger partial charge in [-0.05, 0) is 42.7 Å². The monoisotopic (exact) mass is 417 g/mol. The Labute approximate surface area is 160 Å². The number of nitro groups is 1. The fourth-order valence-corrected chi connectivity index (χ4v) is 3.45. The first-order chi connectivity index (χ1) is 12.5. The van der Waals surface area contributed by atoms with E-state index < -0.39 is 4.92 Å². The van der Waals surface area contributed by atoms with Crippen molar-refractivity contribution in [3.8, 4) is 0 Å². The lowest BCUT2D eigenvalue weighted by Gasteiger charge is -2.20. The van der Waals surface area contributed by atoms with Crippen LogP contribution in [0.5, 0.6) is 0 Å². The van der Waals surface area contributed by atoms with Crippen molar-refractivity contribution < 1.29 is 9.72 Å². The summed E-state index contributed by atoms with van der Waals surface area (Å²) in [5.41, 5.74) is 1.92. The van der Waals surface area contributed by atoms with Crippen molar-refractivity contribution >= 4 is 33.2 Å². The van der Waals surface area contributed by atoms with Crippen LogP contribution in [0, 0.1) is 10.1 Å². The van der Waals surface area contributed by atoms with Crippen LogP contribution in [0.3, 0.4) is 0 Å². The van der Waals surface area contributed by atoms with Crippen molar-refractivity contribution in [2.24, 2.45) is 0 Å². The van der Waals surface area contributed by atoms with Gasteiger partial charge in [-0.2, -0.15) is 0 Å². The van der Waals surface area contributed by atoms with Gasteiger partial charge in [-0.1, -0.05) is 28.1 Å². The first-order valence-electron chi connectivity index (χ1n) is 8.49. The molecule has 1 amide bonds. The lowest BCUT2D eigenvalue weighted by molar-refractivity contribution is -0.384. The Bertz CT molecular complexity index is 817. The van der Waals surface area contributed by atoms with Crippen LogP contribution in [0.4, 0.5) is 11.4 Å². The van der Waals surface area contributed by atoms with Crippen molar-refractivity contribution in [1.82, 2.24) is 4.90 Å². The molecular formula is C19H20BrN3O3. The van der Waals surface area contributed by atoms with Crippen molar-refractivity contribution in [3.63, 3.8) is 0 Å². The van der Waals surface area contributed by atoms with Crippen LogP contribution in [0.15, 0.2) is 46.9 Å². The van der Waals surface area contributed by atoms with Gasteiger partial charge in [0.2, 0.25) is 0 Å². The van der Waals surface area contributed by atoms with Crippen LogP contribution in [0.25, 0.3) is 0 Å². The molecule has 0 bridgehead atoms. The lowest BCUT2D eigenvalue weighted by Crippen LogP contribution is -2.26. The third kappa shape index (κ3) is 4.04. The zero-order valence-electron chi connectivity index (χ0n) is 14.5. The summed E-state index contributed by atoms with van der Waals surface area (Å²) in [6.45, 7) is 2.07. The highest BCUT2D eigenvalue weighted by atomic mass is 79.9. The Kier molecular flexibility index (Phi) is 5.56. The smallest absolute Gasteiger partial charge is 0.293 e. The second-order valence-electron chi connectivity index (χ2n) is 6.44. The fraction of sp³-hybridized carbons (Fsp3) is 0.316. The number of hydrogen-bond acceptors (Lipinski definition) is 4. The van der Waals surface area contributed by atoms with E-state index in [1.54, 1.807) is 24.1 Å². The van der Waals surface area contributed by atoms with Gasteiger partial charge in [0.25, 0.3) is 11.6 Å². The maximum Gasteiger partial charge on any atom is 0.293 e. The minimum atomic E-state index is -0.404. The van der Waals surface area contributed by atoms with Gasteiger partial charge in [-0.3, -0.25) is 14.9 Å². The number of nitro benzene ring substituents is 1. The van der Waals surface area contributed by atoms with Crippen LogP contribution in [0.1, 0.15) is 28.8 Å². The van der Waals surface area contributed by atoms with Crippen LogP contribution < -0.4 is 4.90 Å². The summed E-state index contributed by atoms with van der Waals surface area (Å²) in [5.74, 6) is -0.232. The molecular weight excluding hydrogens is 398 g/mol. The average Bonchev–Trinajstić information content (AvgIpc) is 3.17. The SMILES string of the molecule is CN(Cc1ccc(Br)cc1)C(=O)c1ccc(N2CCCC2)c([N+](=O)[O-])c1. The molecule has 3 rings (SSSR count). The Morgan fingerprint density at radius 1 is 1.19 bits per heavy atom. The minimum Gasteiger partial charge on any atom is -0.366 e. The molecule has 136 valence electrons. The molecule has 7 heteroatoms. The van der Waals surface area contributed by atoms with Gasteiger partial charge >= 0.3 is 0 Å². The third-order valence-electron chi connectivity index (χ3n) is 4.55. The Morgan fingerprint density at radius 2 is 1.85 bits per heavy atom. The van der Waals surface area contributed by atoms with Crippen LogP contribution in [-0.4, -0.2) is 35.9 Å². The van der Waals surface area contributed by atoms with E-state index in [1.165, 1.54) is 6.07 Å². The maximum absolute atomic E-state index is 12.7. The van der Waals surface area contributed by atoms with Gasteiger partial charge in [0.05, 0.1) is 4.92 Å². The van der Waals surface area contributed by atoms with Crippen molar-refractivity contribution in [1.29, 1.82) is 0 Å². The largest absolute Gasteiger partial charge is 0.366 e. The van der Waals surface area contributed by atoms with Gasteiger partial charge in [-0.25, -0.2) is 0 Å². The number of carbonyl (C=O) groups is 1. The summed E-state index contributed by atoms with van der Waals surface area (Å²) in [5, 5.41) is 11.5. The van der Waals surface area contributed by atoms with E-state index in [0.29, 0.717) is 17.8 Å². The normalized spacial score (nSPS) is 13.7. The zero-order valence-corrected chi connectivity index (χ0v) is 16.1.